The maximum Gasteiger partial charge on any atom is 0.316 e. The summed E-state index contributed by atoms with van der Waals surface area (Å²) in [6, 6.07) is 10.5. The lowest BCUT2D eigenvalue weighted by atomic mass is 9.95. The second-order valence-electron chi connectivity index (χ2n) is 5.21. The van der Waals surface area contributed by atoms with Gasteiger partial charge >= 0.3 is 5.97 Å². The molecule has 0 radical (unpaired) electrons. The number of thioether (sulfide) groups is 1. The molecule has 7 nitrogen and oxygen atoms in total. The second-order valence-corrected chi connectivity index (χ2v) is 6.17. The molecule has 0 unspecified atom stereocenters. The molecule has 8 heteroatoms. The van der Waals surface area contributed by atoms with E-state index in [2.05, 4.69) is 9.72 Å². The fourth-order valence-corrected chi connectivity index (χ4v) is 2.99. The minimum absolute atomic E-state index is 0.0878. The molecule has 0 saturated carbocycles. The largest absolute Gasteiger partial charge is 0.468 e. The van der Waals surface area contributed by atoms with Gasteiger partial charge in [0.05, 0.1) is 24.0 Å². The van der Waals surface area contributed by atoms with E-state index < -0.39 is 11.8 Å². The van der Waals surface area contributed by atoms with Crippen molar-refractivity contribution in [2.24, 2.45) is 0 Å². The van der Waals surface area contributed by atoms with E-state index in [0.29, 0.717) is 5.56 Å². The van der Waals surface area contributed by atoms with Crippen LogP contribution in [0.2, 0.25) is 0 Å². The molecular formula is C18H14N4O3S. The van der Waals surface area contributed by atoms with E-state index in [1.54, 1.807) is 24.3 Å². The third-order valence-corrected chi connectivity index (χ3v) is 4.46. The topological polar surface area (TPSA) is 130 Å². The van der Waals surface area contributed by atoms with Crippen LogP contribution >= 0.6 is 11.8 Å². The number of nitrogens with two attached hydrogens (primary N) is 1. The van der Waals surface area contributed by atoms with E-state index in [9.17, 15) is 20.1 Å². The number of nitrogen functional groups attached to an aromatic ring is 1. The highest BCUT2D eigenvalue weighted by Crippen LogP contribution is 2.30. The Labute approximate surface area is 154 Å². The van der Waals surface area contributed by atoms with Crippen LogP contribution in [0.3, 0.4) is 0 Å². The fourth-order valence-electron chi connectivity index (χ4n) is 2.17. The number of methoxy groups -OCH3 is 1. The van der Waals surface area contributed by atoms with Gasteiger partial charge in [0.1, 0.15) is 28.5 Å². The molecule has 0 aliphatic heterocycles. The van der Waals surface area contributed by atoms with E-state index in [1.807, 2.05) is 19.1 Å². The SMILES string of the molecule is COC(=O)CSc1nc(N)c(C#N)c(C(=O)c2ccc(C)cc2)c1C#N. The Hall–Kier alpha value is -3.36. The number of pyridine rings is 1. The van der Waals surface area contributed by atoms with Crippen molar-refractivity contribution in [2.75, 3.05) is 18.6 Å². The first-order valence-electron chi connectivity index (χ1n) is 7.37. The monoisotopic (exact) mass is 366 g/mol. The van der Waals surface area contributed by atoms with Crippen molar-refractivity contribution >= 4 is 29.3 Å². The highest BCUT2D eigenvalue weighted by molar-refractivity contribution is 7.99. The Morgan fingerprint density at radius 2 is 1.81 bits per heavy atom. The normalized spacial score (nSPS) is 9.85. The number of hydrogen-bond donors (Lipinski definition) is 1. The van der Waals surface area contributed by atoms with Crippen LogP contribution < -0.4 is 5.73 Å². The number of rotatable bonds is 5. The van der Waals surface area contributed by atoms with Gasteiger partial charge < -0.3 is 10.5 Å². The second kappa shape index (κ2) is 8.15. The average Bonchev–Trinajstić information content (AvgIpc) is 2.65. The molecule has 0 saturated heterocycles. The molecule has 0 amide bonds. The zero-order valence-electron chi connectivity index (χ0n) is 14.1. The Morgan fingerprint density at radius 1 is 1.19 bits per heavy atom. The molecule has 0 fully saturated rings. The first-order chi connectivity index (χ1) is 12.4. The zero-order chi connectivity index (χ0) is 19.3. The Kier molecular flexibility index (Phi) is 5.94. The molecule has 26 heavy (non-hydrogen) atoms. The molecule has 2 N–H and O–H groups in total. The molecule has 0 aliphatic rings. The maximum absolute atomic E-state index is 12.9. The van der Waals surface area contributed by atoms with Crippen molar-refractivity contribution in [3.8, 4) is 12.1 Å². The van der Waals surface area contributed by atoms with Crippen LogP contribution in [0.4, 0.5) is 5.82 Å². The molecule has 0 aliphatic carbocycles. The van der Waals surface area contributed by atoms with E-state index in [1.165, 1.54) is 7.11 Å². The predicted molar refractivity (Wildman–Crippen MR) is 95.4 cm³/mol. The van der Waals surface area contributed by atoms with Gasteiger partial charge in [0.2, 0.25) is 0 Å². The third-order valence-electron chi connectivity index (χ3n) is 3.51. The Balaban J connectivity index is 2.62. The number of nitriles is 2. The number of nitrogens with zero attached hydrogens (tertiary/aromatic N) is 3. The van der Waals surface area contributed by atoms with Gasteiger partial charge in [-0.1, -0.05) is 41.6 Å². The quantitative estimate of drug-likeness (QED) is 0.484. The first-order valence-corrected chi connectivity index (χ1v) is 8.36. The summed E-state index contributed by atoms with van der Waals surface area (Å²) in [5, 5.41) is 19.0. The summed E-state index contributed by atoms with van der Waals surface area (Å²) in [4.78, 5) is 28.3. The standard InChI is InChI=1S/C18H14N4O3S/c1-10-3-5-11(6-4-10)16(24)15-12(7-19)17(21)22-18(13(15)8-20)26-9-14(23)25-2/h3-6H,9H2,1-2H3,(H2,21,22). The smallest absolute Gasteiger partial charge is 0.316 e. The minimum Gasteiger partial charge on any atom is -0.468 e. The molecule has 0 bridgehead atoms. The number of esters is 1. The van der Waals surface area contributed by atoms with E-state index in [-0.39, 0.29) is 33.3 Å². The van der Waals surface area contributed by atoms with E-state index >= 15 is 0 Å². The number of carbonyl (C=O) groups excluding carboxylic acids is 2. The fraction of sp³-hybridized carbons (Fsp3) is 0.167. The number of aromatic nitrogens is 1. The molecule has 1 heterocycles. The van der Waals surface area contributed by atoms with Crippen LogP contribution in [0.1, 0.15) is 32.6 Å². The molecule has 0 spiro atoms. The van der Waals surface area contributed by atoms with E-state index in [4.69, 9.17) is 5.73 Å². The number of anilines is 1. The van der Waals surface area contributed by atoms with Crippen molar-refractivity contribution in [1.82, 2.24) is 4.98 Å². The van der Waals surface area contributed by atoms with Gasteiger partial charge in [0.15, 0.2) is 5.78 Å². The number of carbonyl (C=O) groups is 2. The summed E-state index contributed by atoms with van der Waals surface area (Å²) < 4.78 is 4.56. The molecule has 2 aromatic rings. The maximum atomic E-state index is 12.9. The third kappa shape index (κ3) is 3.82. The Morgan fingerprint density at radius 3 is 2.35 bits per heavy atom. The van der Waals surface area contributed by atoms with Gasteiger partial charge in [-0.2, -0.15) is 10.5 Å². The van der Waals surface area contributed by atoms with Crippen molar-refractivity contribution in [2.45, 2.75) is 11.9 Å². The average molecular weight is 366 g/mol. The molecule has 2 rings (SSSR count). The van der Waals surface area contributed by atoms with Gasteiger partial charge in [-0.15, -0.1) is 0 Å². The van der Waals surface area contributed by atoms with Crippen LogP contribution in [-0.4, -0.2) is 29.6 Å². The van der Waals surface area contributed by atoms with Gasteiger partial charge in [-0.05, 0) is 6.92 Å². The van der Waals surface area contributed by atoms with Crippen molar-refractivity contribution in [3.05, 3.63) is 52.1 Å². The summed E-state index contributed by atoms with van der Waals surface area (Å²) in [5.74, 6) is -1.31. The highest BCUT2D eigenvalue weighted by atomic mass is 32.2. The van der Waals surface area contributed by atoms with Crippen LogP contribution in [0.25, 0.3) is 0 Å². The number of hydrogen-bond acceptors (Lipinski definition) is 8. The summed E-state index contributed by atoms with van der Waals surface area (Å²) in [6.45, 7) is 1.88. The lowest BCUT2D eigenvalue weighted by Crippen LogP contribution is -2.13. The molecule has 130 valence electrons. The number of benzene rings is 1. The van der Waals surface area contributed by atoms with Crippen LogP contribution in [0, 0.1) is 29.6 Å². The molecule has 0 atom stereocenters. The number of aryl methyl sites for hydroxylation is 1. The molecular weight excluding hydrogens is 352 g/mol. The van der Waals surface area contributed by atoms with Gasteiger partial charge in [0, 0.05) is 5.56 Å². The Bertz CT molecular complexity index is 956. The summed E-state index contributed by atoms with van der Waals surface area (Å²) >= 11 is 0.917. The van der Waals surface area contributed by atoms with Crippen molar-refractivity contribution in [3.63, 3.8) is 0 Å². The summed E-state index contributed by atoms with van der Waals surface area (Å²) in [6.07, 6.45) is 0. The van der Waals surface area contributed by atoms with Crippen LogP contribution in [0.5, 0.6) is 0 Å². The highest BCUT2D eigenvalue weighted by Gasteiger charge is 2.25. The lowest BCUT2D eigenvalue weighted by molar-refractivity contribution is -0.137. The van der Waals surface area contributed by atoms with Crippen molar-refractivity contribution in [1.29, 1.82) is 10.5 Å². The summed E-state index contributed by atoms with van der Waals surface area (Å²) in [7, 11) is 1.24. The predicted octanol–water partition coefficient (Wildman–Crippen LogP) is 2.21. The number of ether oxygens (including phenoxy) is 1. The zero-order valence-corrected chi connectivity index (χ0v) is 14.9. The minimum atomic E-state index is -0.518. The lowest BCUT2D eigenvalue weighted by Gasteiger charge is -2.12. The van der Waals surface area contributed by atoms with Crippen LogP contribution in [-0.2, 0) is 9.53 Å². The number of ketones is 1. The summed E-state index contributed by atoms with van der Waals surface area (Å²) in [5.41, 5.74) is 6.73. The van der Waals surface area contributed by atoms with Gasteiger partial charge in [0.25, 0.3) is 0 Å². The molecule has 1 aromatic heterocycles. The van der Waals surface area contributed by atoms with Gasteiger partial charge in [-0.3, -0.25) is 9.59 Å². The van der Waals surface area contributed by atoms with Crippen LogP contribution in [0.15, 0.2) is 29.3 Å². The van der Waals surface area contributed by atoms with Crippen molar-refractivity contribution < 1.29 is 14.3 Å². The van der Waals surface area contributed by atoms with Gasteiger partial charge in [-0.25, -0.2) is 4.98 Å². The van der Waals surface area contributed by atoms with E-state index in [0.717, 1.165) is 17.3 Å². The molecule has 1 aromatic carbocycles. The first kappa shape index (κ1) is 19.0.